The molecule has 0 radical (unpaired) electrons. The third-order valence-electron chi connectivity index (χ3n) is 4.20. The molecule has 2 aromatic rings. The Hall–Kier alpha value is -2.66. The minimum Gasteiger partial charge on any atom is -0.479 e. The fourth-order valence-electron chi connectivity index (χ4n) is 3.02. The Bertz CT molecular complexity index is 702. The van der Waals surface area contributed by atoms with Crippen LogP contribution in [0.4, 0.5) is 0 Å². The van der Waals surface area contributed by atoms with E-state index in [1.807, 2.05) is 60.7 Å². The molecule has 1 amide bonds. The average Bonchev–Trinajstić information content (AvgIpc) is 2.61. The number of carboxylic acid groups (broad SMARTS) is 1. The Morgan fingerprint density at radius 2 is 1.71 bits per heavy atom. The topological polar surface area (TPSA) is 66.8 Å². The standard InChI is InChI=1S/C19H19NO4/c21-16-13-24-18(19(22)23)17(15-9-5-2-6-10-15)20(16)12-11-14-7-3-1-4-8-14/h1-10,17-18H,11-13H2,(H,22,23)/t17-,18+/m0/s1. The van der Waals surface area contributed by atoms with Gasteiger partial charge in [0.25, 0.3) is 0 Å². The molecule has 2 atom stereocenters. The van der Waals surface area contributed by atoms with Crippen LogP contribution in [0.2, 0.25) is 0 Å². The van der Waals surface area contributed by atoms with Gasteiger partial charge in [0.15, 0.2) is 6.10 Å². The summed E-state index contributed by atoms with van der Waals surface area (Å²) in [6, 6.07) is 18.4. The lowest BCUT2D eigenvalue weighted by atomic mass is 9.97. The molecule has 1 saturated heterocycles. The van der Waals surface area contributed by atoms with Crippen LogP contribution in [-0.4, -0.2) is 41.1 Å². The van der Waals surface area contributed by atoms with Crippen molar-refractivity contribution in [3.05, 3.63) is 71.8 Å². The molecule has 1 heterocycles. The van der Waals surface area contributed by atoms with Crippen molar-refractivity contribution in [2.75, 3.05) is 13.2 Å². The summed E-state index contributed by atoms with van der Waals surface area (Å²) >= 11 is 0. The summed E-state index contributed by atoms with van der Waals surface area (Å²) in [7, 11) is 0. The van der Waals surface area contributed by atoms with Gasteiger partial charge in [-0.15, -0.1) is 0 Å². The third-order valence-corrected chi connectivity index (χ3v) is 4.20. The van der Waals surface area contributed by atoms with Gasteiger partial charge in [0.2, 0.25) is 5.91 Å². The second-order valence-corrected chi connectivity index (χ2v) is 5.75. The Kier molecular flexibility index (Phi) is 4.91. The van der Waals surface area contributed by atoms with E-state index in [9.17, 15) is 14.7 Å². The molecule has 1 fully saturated rings. The van der Waals surface area contributed by atoms with Crippen molar-refractivity contribution >= 4 is 11.9 Å². The van der Waals surface area contributed by atoms with Crippen LogP contribution in [0.5, 0.6) is 0 Å². The van der Waals surface area contributed by atoms with Crippen molar-refractivity contribution in [2.24, 2.45) is 0 Å². The van der Waals surface area contributed by atoms with Gasteiger partial charge >= 0.3 is 5.97 Å². The van der Waals surface area contributed by atoms with E-state index in [1.54, 1.807) is 4.90 Å². The number of morpholine rings is 1. The number of carbonyl (C=O) groups is 2. The van der Waals surface area contributed by atoms with Crippen molar-refractivity contribution in [3.63, 3.8) is 0 Å². The predicted octanol–water partition coefficient (Wildman–Crippen LogP) is 2.28. The molecule has 1 aliphatic rings. The molecule has 0 spiro atoms. The highest BCUT2D eigenvalue weighted by molar-refractivity contribution is 5.83. The molecule has 1 N–H and O–H groups in total. The van der Waals surface area contributed by atoms with Crippen LogP contribution in [0, 0.1) is 0 Å². The molecule has 0 aromatic heterocycles. The first-order valence-electron chi connectivity index (χ1n) is 7.89. The van der Waals surface area contributed by atoms with Crippen LogP contribution in [0.1, 0.15) is 17.2 Å². The highest BCUT2D eigenvalue weighted by atomic mass is 16.5. The van der Waals surface area contributed by atoms with E-state index in [0.29, 0.717) is 13.0 Å². The van der Waals surface area contributed by atoms with Crippen molar-refractivity contribution in [3.8, 4) is 0 Å². The first-order chi connectivity index (χ1) is 11.7. The summed E-state index contributed by atoms with van der Waals surface area (Å²) in [4.78, 5) is 25.6. The molecule has 24 heavy (non-hydrogen) atoms. The van der Waals surface area contributed by atoms with E-state index in [2.05, 4.69) is 0 Å². The van der Waals surface area contributed by atoms with Crippen molar-refractivity contribution in [1.82, 2.24) is 4.90 Å². The van der Waals surface area contributed by atoms with Crippen LogP contribution >= 0.6 is 0 Å². The van der Waals surface area contributed by atoms with E-state index < -0.39 is 18.1 Å². The molecule has 5 heteroatoms. The Balaban J connectivity index is 1.87. The number of amides is 1. The fourth-order valence-corrected chi connectivity index (χ4v) is 3.02. The highest BCUT2D eigenvalue weighted by Crippen LogP contribution is 2.30. The van der Waals surface area contributed by atoms with Gasteiger partial charge in [-0.1, -0.05) is 60.7 Å². The lowest BCUT2D eigenvalue weighted by molar-refractivity contribution is -0.173. The molecule has 3 rings (SSSR count). The van der Waals surface area contributed by atoms with E-state index in [4.69, 9.17) is 4.74 Å². The zero-order chi connectivity index (χ0) is 16.9. The molecule has 124 valence electrons. The lowest BCUT2D eigenvalue weighted by Crippen LogP contribution is -2.52. The van der Waals surface area contributed by atoms with Crippen LogP contribution in [0.25, 0.3) is 0 Å². The van der Waals surface area contributed by atoms with Gasteiger partial charge in [0.1, 0.15) is 6.61 Å². The lowest BCUT2D eigenvalue weighted by Gasteiger charge is -2.39. The van der Waals surface area contributed by atoms with Gasteiger partial charge in [-0.3, -0.25) is 4.79 Å². The Morgan fingerprint density at radius 3 is 2.33 bits per heavy atom. The highest BCUT2D eigenvalue weighted by Gasteiger charge is 2.41. The number of ether oxygens (including phenoxy) is 1. The minimum atomic E-state index is -1.05. The van der Waals surface area contributed by atoms with E-state index in [1.165, 1.54) is 0 Å². The maximum absolute atomic E-state index is 12.4. The van der Waals surface area contributed by atoms with E-state index in [-0.39, 0.29) is 12.5 Å². The van der Waals surface area contributed by atoms with E-state index >= 15 is 0 Å². The molecule has 0 unspecified atom stereocenters. The van der Waals surface area contributed by atoms with E-state index in [0.717, 1.165) is 11.1 Å². The summed E-state index contributed by atoms with van der Waals surface area (Å²) in [5.74, 6) is -1.24. The Labute approximate surface area is 140 Å². The second-order valence-electron chi connectivity index (χ2n) is 5.75. The largest absolute Gasteiger partial charge is 0.479 e. The summed E-state index contributed by atoms with van der Waals surface area (Å²) in [6.45, 7) is 0.255. The summed E-state index contributed by atoms with van der Waals surface area (Å²) in [6.07, 6.45) is -0.386. The van der Waals surface area contributed by atoms with Crippen molar-refractivity contribution in [1.29, 1.82) is 0 Å². The van der Waals surface area contributed by atoms with Crippen molar-refractivity contribution in [2.45, 2.75) is 18.6 Å². The quantitative estimate of drug-likeness (QED) is 0.916. The van der Waals surface area contributed by atoms with Crippen LogP contribution in [0.3, 0.4) is 0 Å². The number of hydrogen-bond donors (Lipinski definition) is 1. The van der Waals surface area contributed by atoms with Gasteiger partial charge < -0.3 is 14.7 Å². The van der Waals surface area contributed by atoms with Crippen LogP contribution in [0.15, 0.2) is 60.7 Å². The monoisotopic (exact) mass is 325 g/mol. The fraction of sp³-hybridized carbons (Fsp3) is 0.263. The zero-order valence-corrected chi connectivity index (χ0v) is 13.2. The molecular formula is C19H19NO4. The minimum absolute atomic E-state index is 0.183. The van der Waals surface area contributed by atoms with Gasteiger partial charge in [-0.2, -0.15) is 0 Å². The van der Waals surface area contributed by atoms with Crippen LogP contribution in [-0.2, 0) is 20.7 Å². The van der Waals surface area contributed by atoms with Gasteiger partial charge in [0.05, 0.1) is 6.04 Å². The smallest absolute Gasteiger partial charge is 0.335 e. The summed E-state index contributed by atoms with van der Waals surface area (Å²) in [5.41, 5.74) is 1.88. The number of aliphatic carboxylic acids is 1. The molecule has 1 aliphatic heterocycles. The Morgan fingerprint density at radius 1 is 1.08 bits per heavy atom. The zero-order valence-electron chi connectivity index (χ0n) is 13.2. The number of rotatable bonds is 5. The number of carboxylic acids is 1. The molecular weight excluding hydrogens is 306 g/mol. The number of nitrogens with zero attached hydrogens (tertiary/aromatic N) is 1. The normalized spacial score (nSPS) is 20.8. The predicted molar refractivity (Wildman–Crippen MR) is 88.4 cm³/mol. The molecule has 5 nitrogen and oxygen atoms in total. The molecule has 0 aliphatic carbocycles. The number of hydrogen-bond acceptors (Lipinski definition) is 3. The average molecular weight is 325 g/mol. The van der Waals surface area contributed by atoms with Gasteiger partial charge in [-0.05, 0) is 17.5 Å². The third kappa shape index (κ3) is 3.46. The first kappa shape index (κ1) is 16.2. The maximum Gasteiger partial charge on any atom is 0.335 e. The molecule has 0 bridgehead atoms. The second kappa shape index (κ2) is 7.27. The maximum atomic E-state index is 12.4. The molecule has 0 saturated carbocycles. The van der Waals surface area contributed by atoms with Gasteiger partial charge in [0, 0.05) is 6.54 Å². The molecule has 2 aromatic carbocycles. The van der Waals surface area contributed by atoms with Crippen molar-refractivity contribution < 1.29 is 19.4 Å². The van der Waals surface area contributed by atoms with Crippen LogP contribution < -0.4 is 0 Å². The SMILES string of the molecule is O=C(O)[C@@H]1OCC(=O)N(CCc2ccccc2)[C@H]1c1ccccc1. The van der Waals surface area contributed by atoms with Gasteiger partial charge in [-0.25, -0.2) is 4.79 Å². The number of carbonyl (C=O) groups excluding carboxylic acids is 1. The number of benzene rings is 2. The summed E-state index contributed by atoms with van der Waals surface area (Å²) < 4.78 is 5.31. The first-order valence-corrected chi connectivity index (χ1v) is 7.89. The summed E-state index contributed by atoms with van der Waals surface area (Å²) in [5, 5.41) is 9.50.